The minimum Gasteiger partial charge on any atom is -0.497 e. The fourth-order valence-corrected chi connectivity index (χ4v) is 5.02. The quantitative estimate of drug-likeness (QED) is 0.196. The molecule has 39 heavy (non-hydrogen) atoms. The Labute approximate surface area is 228 Å². The number of fused-ring (bicyclic) bond motifs is 1. The molecule has 10 heteroatoms. The number of anilines is 1. The Morgan fingerprint density at radius 3 is 2.44 bits per heavy atom. The van der Waals surface area contributed by atoms with Crippen molar-refractivity contribution in [3.05, 3.63) is 89.3 Å². The number of aromatic nitrogens is 3. The first-order valence-corrected chi connectivity index (χ1v) is 13.0. The van der Waals surface area contributed by atoms with E-state index in [2.05, 4.69) is 10.3 Å². The molecule has 0 saturated carbocycles. The number of aromatic amines is 1. The summed E-state index contributed by atoms with van der Waals surface area (Å²) in [5, 5.41) is 3.21. The van der Waals surface area contributed by atoms with E-state index >= 15 is 0 Å². The number of amides is 1. The Kier molecular flexibility index (Phi) is 7.55. The summed E-state index contributed by atoms with van der Waals surface area (Å²) in [5.74, 6) is 1.29. The fraction of sp³-hybridized carbons (Fsp3) is 0.138. The lowest BCUT2D eigenvalue weighted by Gasteiger charge is -2.15. The molecule has 0 aliphatic rings. The van der Waals surface area contributed by atoms with Crippen LogP contribution in [-0.4, -0.2) is 47.5 Å². The van der Waals surface area contributed by atoms with E-state index in [0.29, 0.717) is 44.8 Å². The smallest absolute Gasteiger partial charge is 0.283 e. The molecular formula is C29H26N4O5S. The van der Waals surface area contributed by atoms with Crippen LogP contribution < -0.4 is 25.1 Å². The number of H-pyrrole nitrogens is 1. The Balaban J connectivity index is 1.54. The maximum atomic E-state index is 13.8. The molecule has 9 nitrogen and oxygen atoms in total. The molecule has 3 aromatic carbocycles. The number of hydrogen-bond donors (Lipinski definition) is 2. The maximum Gasteiger partial charge on any atom is 0.283 e. The number of para-hydroxylation sites is 2. The molecule has 5 rings (SSSR count). The van der Waals surface area contributed by atoms with Crippen molar-refractivity contribution in [2.75, 3.05) is 32.4 Å². The number of rotatable bonds is 9. The first-order chi connectivity index (χ1) is 19.0. The summed E-state index contributed by atoms with van der Waals surface area (Å²) in [5.41, 5.74) is 3.33. The number of nitrogens with zero attached hydrogens (tertiary/aromatic N) is 2. The third-order valence-corrected chi connectivity index (χ3v) is 7.03. The average molecular weight is 543 g/mol. The van der Waals surface area contributed by atoms with Gasteiger partial charge in [0.2, 0.25) is 5.91 Å². The topological polar surface area (TPSA) is 107 Å². The lowest BCUT2D eigenvalue weighted by Crippen LogP contribution is -2.23. The van der Waals surface area contributed by atoms with Gasteiger partial charge in [-0.3, -0.25) is 9.59 Å². The second-order valence-corrected chi connectivity index (χ2v) is 9.34. The SMILES string of the molecule is COc1ccc(NC(=O)CSc2nc3c(-c4ccccc4)c[nH]c3c(=O)n2-c2ccccc2OC)c(OC)c1. The van der Waals surface area contributed by atoms with Crippen LogP contribution in [0.2, 0.25) is 0 Å². The highest BCUT2D eigenvalue weighted by molar-refractivity contribution is 7.99. The van der Waals surface area contributed by atoms with Gasteiger partial charge in [0, 0.05) is 17.8 Å². The summed E-state index contributed by atoms with van der Waals surface area (Å²) in [6, 6.07) is 22.0. The van der Waals surface area contributed by atoms with Crippen LogP contribution in [0.25, 0.3) is 27.8 Å². The van der Waals surface area contributed by atoms with Gasteiger partial charge in [-0.15, -0.1) is 0 Å². The molecule has 0 saturated heterocycles. The zero-order valence-corrected chi connectivity index (χ0v) is 22.4. The van der Waals surface area contributed by atoms with E-state index in [-0.39, 0.29) is 17.2 Å². The first-order valence-electron chi connectivity index (χ1n) is 12.0. The normalized spacial score (nSPS) is 10.8. The third kappa shape index (κ3) is 5.19. The fourth-order valence-electron chi connectivity index (χ4n) is 4.22. The van der Waals surface area contributed by atoms with Crippen LogP contribution >= 0.6 is 11.8 Å². The van der Waals surface area contributed by atoms with Gasteiger partial charge >= 0.3 is 0 Å². The summed E-state index contributed by atoms with van der Waals surface area (Å²) in [6.45, 7) is 0. The van der Waals surface area contributed by atoms with Crippen molar-refractivity contribution in [1.29, 1.82) is 0 Å². The highest BCUT2D eigenvalue weighted by atomic mass is 32.2. The van der Waals surface area contributed by atoms with Crippen molar-refractivity contribution in [3.63, 3.8) is 0 Å². The predicted molar refractivity (Wildman–Crippen MR) is 153 cm³/mol. The largest absolute Gasteiger partial charge is 0.497 e. The molecule has 198 valence electrons. The Morgan fingerprint density at radius 1 is 0.949 bits per heavy atom. The van der Waals surface area contributed by atoms with Crippen LogP contribution in [0.1, 0.15) is 0 Å². The molecule has 0 aliphatic carbocycles. The molecule has 0 radical (unpaired) electrons. The second-order valence-electron chi connectivity index (χ2n) is 8.40. The van der Waals surface area contributed by atoms with Crippen molar-refractivity contribution < 1.29 is 19.0 Å². The lowest BCUT2D eigenvalue weighted by molar-refractivity contribution is -0.113. The number of benzene rings is 3. The summed E-state index contributed by atoms with van der Waals surface area (Å²) < 4.78 is 17.6. The number of ether oxygens (including phenoxy) is 3. The van der Waals surface area contributed by atoms with E-state index in [9.17, 15) is 9.59 Å². The molecule has 0 fully saturated rings. The number of carbonyl (C=O) groups is 1. The van der Waals surface area contributed by atoms with Crippen LogP contribution in [0.4, 0.5) is 5.69 Å². The second kappa shape index (κ2) is 11.4. The Hall–Kier alpha value is -4.70. The van der Waals surface area contributed by atoms with Gasteiger partial charge in [0.15, 0.2) is 5.16 Å². The van der Waals surface area contributed by atoms with Gasteiger partial charge in [-0.2, -0.15) is 0 Å². The van der Waals surface area contributed by atoms with Crippen LogP contribution in [-0.2, 0) is 4.79 Å². The number of hydrogen-bond acceptors (Lipinski definition) is 7. The monoisotopic (exact) mass is 542 g/mol. The summed E-state index contributed by atoms with van der Waals surface area (Å²) in [4.78, 5) is 34.8. The minimum absolute atomic E-state index is 0.00658. The molecular weight excluding hydrogens is 516 g/mol. The standard InChI is InChI=1S/C29H26N4O5S/c1-36-19-13-14-21(24(15-19)38-3)31-25(34)17-39-29-32-26-20(18-9-5-4-6-10-18)16-30-27(26)28(35)33(29)22-11-7-8-12-23(22)37-2/h4-16,30H,17H2,1-3H3,(H,31,34). The molecule has 0 unspecified atom stereocenters. The van der Waals surface area contributed by atoms with Crippen LogP contribution in [0, 0.1) is 0 Å². The van der Waals surface area contributed by atoms with Crippen LogP contribution in [0.5, 0.6) is 17.2 Å². The predicted octanol–water partition coefficient (Wildman–Crippen LogP) is 5.14. The Bertz CT molecular complexity index is 1700. The average Bonchev–Trinajstić information content (AvgIpc) is 3.41. The van der Waals surface area contributed by atoms with Gasteiger partial charge in [0.05, 0.1) is 38.5 Å². The van der Waals surface area contributed by atoms with Crippen molar-refractivity contribution in [2.45, 2.75) is 5.16 Å². The van der Waals surface area contributed by atoms with Gasteiger partial charge in [0.1, 0.15) is 28.3 Å². The van der Waals surface area contributed by atoms with Gasteiger partial charge in [-0.05, 0) is 29.8 Å². The molecule has 0 spiro atoms. The maximum absolute atomic E-state index is 13.8. The summed E-state index contributed by atoms with van der Waals surface area (Å²) in [7, 11) is 4.62. The molecule has 0 aliphatic heterocycles. The number of carbonyl (C=O) groups excluding carboxylic acids is 1. The summed E-state index contributed by atoms with van der Waals surface area (Å²) >= 11 is 1.15. The highest BCUT2D eigenvalue weighted by Gasteiger charge is 2.21. The van der Waals surface area contributed by atoms with Crippen molar-refractivity contribution in [2.24, 2.45) is 0 Å². The van der Waals surface area contributed by atoms with E-state index in [1.165, 1.54) is 11.7 Å². The van der Waals surface area contributed by atoms with Gasteiger partial charge in [0.25, 0.3) is 5.56 Å². The van der Waals surface area contributed by atoms with Crippen molar-refractivity contribution in [1.82, 2.24) is 14.5 Å². The summed E-state index contributed by atoms with van der Waals surface area (Å²) in [6.07, 6.45) is 1.78. The zero-order valence-electron chi connectivity index (χ0n) is 21.6. The molecule has 0 atom stereocenters. The van der Waals surface area contributed by atoms with Gasteiger partial charge in [-0.25, -0.2) is 9.55 Å². The molecule has 2 aromatic heterocycles. The van der Waals surface area contributed by atoms with Crippen LogP contribution in [0.15, 0.2) is 88.9 Å². The van der Waals surface area contributed by atoms with E-state index in [0.717, 1.165) is 22.9 Å². The molecule has 2 N–H and O–H groups in total. The molecule has 5 aromatic rings. The number of methoxy groups -OCH3 is 3. The molecule has 0 bridgehead atoms. The lowest BCUT2D eigenvalue weighted by atomic mass is 10.1. The Morgan fingerprint density at radius 2 is 1.69 bits per heavy atom. The number of thioether (sulfide) groups is 1. The van der Waals surface area contributed by atoms with Crippen molar-refractivity contribution >= 4 is 34.4 Å². The highest BCUT2D eigenvalue weighted by Crippen LogP contribution is 2.32. The van der Waals surface area contributed by atoms with E-state index in [4.69, 9.17) is 19.2 Å². The number of nitrogens with one attached hydrogen (secondary N) is 2. The first kappa shape index (κ1) is 25.9. The molecule has 2 heterocycles. The van der Waals surface area contributed by atoms with Gasteiger partial charge in [-0.1, -0.05) is 54.2 Å². The van der Waals surface area contributed by atoms with E-state index < -0.39 is 0 Å². The van der Waals surface area contributed by atoms with Crippen molar-refractivity contribution in [3.8, 4) is 34.1 Å². The zero-order chi connectivity index (χ0) is 27.4. The van der Waals surface area contributed by atoms with E-state index in [1.54, 1.807) is 50.7 Å². The van der Waals surface area contributed by atoms with E-state index in [1.807, 2.05) is 42.5 Å². The van der Waals surface area contributed by atoms with Gasteiger partial charge < -0.3 is 24.5 Å². The molecule has 1 amide bonds. The third-order valence-electron chi connectivity index (χ3n) is 6.09. The van der Waals surface area contributed by atoms with Crippen LogP contribution in [0.3, 0.4) is 0 Å². The minimum atomic E-state index is -0.300.